The van der Waals surface area contributed by atoms with Gasteiger partial charge in [-0.1, -0.05) is 0 Å². The number of nitrogens with two attached hydrogens (primary N) is 1. The average Bonchev–Trinajstić information content (AvgIpc) is 2.63. The van der Waals surface area contributed by atoms with Crippen LogP contribution in [0.3, 0.4) is 0 Å². The molecule has 1 aromatic carbocycles. The second-order valence-electron chi connectivity index (χ2n) is 4.69. The first kappa shape index (κ1) is 12.1. The number of hydrogen-bond donors (Lipinski definition) is 2. The normalized spacial score (nSPS) is 15.1. The van der Waals surface area contributed by atoms with E-state index in [1.165, 1.54) is 11.1 Å². The van der Waals surface area contributed by atoms with E-state index in [4.69, 9.17) is 5.73 Å². The first-order valence-corrected chi connectivity index (χ1v) is 5.85. The van der Waals surface area contributed by atoms with Gasteiger partial charge in [-0.2, -0.15) is 0 Å². The second-order valence-corrected chi connectivity index (χ2v) is 4.69. The lowest BCUT2D eigenvalue weighted by Gasteiger charge is -2.20. The summed E-state index contributed by atoms with van der Waals surface area (Å²) < 4.78 is 1.96. The van der Waals surface area contributed by atoms with E-state index in [1.807, 2.05) is 11.5 Å². The Kier molecular flexibility index (Phi) is 3.17. The third kappa shape index (κ3) is 2.06. The molecule has 2 unspecified atom stereocenters. The predicted octanol–water partition coefficient (Wildman–Crippen LogP) is 1.53. The molecule has 2 aromatic rings. The van der Waals surface area contributed by atoms with Crippen LogP contribution in [0.4, 0.5) is 0 Å². The van der Waals surface area contributed by atoms with Gasteiger partial charge in [-0.3, -0.25) is 0 Å². The number of imidazole rings is 1. The van der Waals surface area contributed by atoms with E-state index in [0.29, 0.717) is 0 Å². The summed E-state index contributed by atoms with van der Waals surface area (Å²) in [5.41, 5.74) is 10.3. The van der Waals surface area contributed by atoms with Crippen molar-refractivity contribution in [2.75, 3.05) is 6.61 Å². The Labute approximate surface area is 101 Å². The summed E-state index contributed by atoms with van der Waals surface area (Å²) >= 11 is 0. The number of aliphatic hydroxyl groups excluding tert-OH is 1. The summed E-state index contributed by atoms with van der Waals surface area (Å²) in [5.74, 6) is 0. The molecule has 2 atom stereocenters. The summed E-state index contributed by atoms with van der Waals surface area (Å²) in [6, 6.07) is 3.93. The molecule has 17 heavy (non-hydrogen) atoms. The Bertz CT molecular complexity index is 531. The van der Waals surface area contributed by atoms with Gasteiger partial charge in [-0.05, 0) is 44.0 Å². The van der Waals surface area contributed by atoms with Gasteiger partial charge in [0.05, 0.1) is 30.0 Å². The fourth-order valence-electron chi connectivity index (χ4n) is 2.05. The van der Waals surface area contributed by atoms with E-state index in [0.717, 1.165) is 11.0 Å². The van der Waals surface area contributed by atoms with E-state index < -0.39 is 0 Å². The maximum Gasteiger partial charge on any atom is 0.0962 e. The fraction of sp³-hybridized carbons (Fsp3) is 0.462. The van der Waals surface area contributed by atoms with E-state index in [-0.39, 0.29) is 18.7 Å². The molecule has 4 nitrogen and oxygen atoms in total. The van der Waals surface area contributed by atoms with E-state index in [1.54, 1.807) is 6.33 Å². The zero-order valence-electron chi connectivity index (χ0n) is 10.5. The highest BCUT2D eigenvalue weighted by molar-refractivity contribution is 5.77. The van der Waals surface area contributed by atoms with Gasteiger partial charge in [-0.15, -0.1) is 0 Å². The zero-order chi connectivity index (χ0) is 12.6. The molecule has 0 bridgehead atoms. The van der Waals surface area contributed by atoms with Crippen LogP contribution >= 0.6 is 0 Å². The van der Waals surface area contributed by atoms with Crippen molar-refractivity contribution in [3.63, 3.8) is 0 Å². The molecule has 0 aliphatic carbocycles. The lowest BCUT2D eigenvalue weighted by molar-refractivity contribution is 0.214. The number of aromatic nitrogens is 2. The minimum atomic E-state index is -0.123. The summed E-state index contributed by atoms with van der Waals surface area (Å²) in [6.45, 7) is 6.07. The number of benzene rings is 1. The highest BCUT2D eigenvalue weighted by Crippen LogP contribution is 2.22. The third-order valence-corrected chi connectivity index (χ3v) is 3.34. The van der Waals surface area contributed by atoms with Crippen LogP contribution in [0.1, 0.15) is 24.1 Å². The van der Waals surface area contributed by atoms with Crippen LogP contribution in [0.2, 0.25) is 0 Å². The van der Waals surface area contributed by atoms with Crippen LogP contribution < -0.4 is 5.73 Å². The number of nitrogens with zero attached hydrogens (tertiary/aromatic N) is 2. The van der Waals surface area contributed by atoms with Crippen molar-refractivity contribution in [1.82, 2.24) is 9.55 Å². The molecule has 3 N–H and O–H groups in total. The number of hydrogen-bond acceptors (Lipinski definition) is 3. The van der Waals surface area contributed by atoms with Crippen LogP contribution in [0.5, 0.6) is 0 Å². The summed E-state index contributed by atoms with van der Waals surface area (Å²) in [7, 11) is 0. The van der Waals surface area contributed by atoms with Gasteiger partial charge in [-0.25, -0.2) is 4.98 Å². The Hall–Kier alpha value is -1.39. The van der Waals surface area contributed by atoms with Gasteiger partial charge in [0.15, 0.2) is 0 Å². The number of aryl methyl sites for hydroxylation is 2. The lowest BCUT2D eigenvalue weighted by atomic mass is 10.1. The smallest absolute Gasteiger partial charge is 0.0962 e. The van der Waals surface area contributed by atoms with Crippen LogP contribution in [0.25, 0.3) is 11.0 Å². The average molecular weight is 233 g/mol. The first-order valence-electron chi connectivity index (χ1n) is 5.85. The summed E-state index contributed by atoms with van der Waals surface area (Å²) in [6.07, 6.45) is 1.76. The predicted molar refractivity (Wildman–Crippen MR) is 69.0 cm³/mol. The maximum absolute atomic E-state index is 9.42. The Morgan fingerprint density at radius 1 is 1.35 bits per heavy atom. The van der Waals surface area contributed by atoms with Crippen LogP contribution in [-0.4, -0.2) is 27.3 Å². The third-order valence-electron chi connectivity index (χ3n) is 3.34. The fourth-order valence-corrected chi connectivity index (χ4v) is 2.05. The van der Waals surface area contributed by atoms with Crippen LogP contribution in [0, 0.1) is 13.8 Å². The highest BCUT2D eigenvalue weighted by Gasteiger charge is 2.17. The second kappa shape index (κ2) is 4.47. The minimum Gasteiger partial charge on any atom is -0.394 e. The van der Waals surface area contributed by atoms with Gasteiger partial charge >= 0.3 is 0 Å². The molecule has 2 rings (SSSR count). The molecular weight excluding hydrogens is 214 g/mol. The molecule has 1 aromatic heterocycles. The largest absolute Gasteiger partial charge is 0.394 e. The van der Waals surface area contributed by atoms with Crippen LogP contribution in [-0.2, 0) is 0 Å². The standard InChI is InChI=1S/C13H19N3O/c1-8-4-11-12(5-9(8)2)16(7-15-11)13(6-17)10(3)14/h4-5,7,10,13,17H,6,14H2,1-3H3. The monoisotopic (exact) mass is 233 g/mol. The summed E-state index contributed by atoms with van der Waals surface area (Å²) in [4.78, 5) is 4.37. The van der Waals surface area contributed by atoms with Crippen molar-refractivity contribution >= 4 is 11.0 Å². The summed E-state index contributed by atoms with van der Waals surface area (Å²) in [5, 5.41) is 9.42. The number of aliphatic hydroxyl groups is 1. The molecule has 0 saturated carbocycles. The molecular formula is C13H19N3O. The lowest BCUT2D eigenvalue weighted by Crippen LogP contribution is -2.31. The van der Waals surface area contributed by atoms with Crippen molar-refractivity contribution in [1.29, 1.82) is 0 Å². The first-order chi connectivity index (χ1) is 8.04. The quantitative estimate of drug-likeness (QED) is 0.845. The topological polar surface area (TPSA) is 64.1 Å². The molecule has 0 aliphatic rings. The molecule has 92 valence electrons. The Balaban J connectivity index is 2.59. The minimum absolute atomic E-state index is 0.0239. The molecule has 0 radical (unpaired) electrons. The SMILES string of the molecule is Cc1cc2ncn(C(CO)C(C)N)c2cc1C. The van der Waals surface area contributed by atoms with E-state index in [2.05, 4.69) is 31.0 Å². The Morgan fingerprint density at radius 2 is 2.00 bits per heavy atom. The van der Waals surface area contributed by atoms with Crippen molar-refractivity contribution in [2.45, 2.75) is 32.9 Å². The molecule has 0 amide bonds. The van der Waals surface area contributed by atoms with Crippen molar-refractivity contribution in [2.24, 2.45) is 5.73 Å². The Morgan fingerprint density at radius 3 is 2.59 bits per heavy atom. The van der Waals surface area contributed by atoms with Gasteiger partial charge < -0.3 is 15.4 Å². The van der Waals surface area contributed by atoms with Gasteiger partial charge in [0.2, 0.25) is 0 Å². The molecule has 0 spiro atoms. The van der Waals surface area contributed by atoms with Crippen molar-refractivity contribution in [3.05, 3.63) is 29.6 Å². The van der Waals surface area contributed by atoms with Crippen molar-refractivity contribution < 1.29 is 5.11 Å². The van der Waals surface area contributed by atoms with Crippen molar-refractivity contribution in [3.8, 4) is 0 Å². The molecule has 1 heterocycles. The van der Waals surface area contributed by atoms with Gasteiger partial charge in [0.1, 0.15) is 0 Å². The molecule has 4 heteroatoms. The van der Waals surface area contributed by atoms with Gasteiger partial charge in [0.25, 0.3) is 0 Å². The van der Waals surface area contributed by atoms with E-state index >= 15 is 0 Å². The number of rotatable bonds is 3. The molecule has 0 saturated heterocycles. The van der Waals surface area contributed by atoms with Gasteiger partial charge in [0, 0.05) is 6.04 Å². The molecule has 0 fully saturated rings. The molecule has 0 aliphatic heterocycles. The highest BCUT2D eigenvalue weighted by atomic mass is 16.3. The zero-order valence-corrected chi connectivity index (χ0v) is 10.5. The van der Waals surface area contributed by atoms with E-state index in [9.17, 15) is 5.11 Å². The number of fused-ring (bicyclic) bond motifs is 1. The van der Waals surface area contributed by atoms with Crippen LogP contribution in [0.15, 0.2) is 18.5 Å². The maximum atomic E-state index is 9.42.